The van der Waals surface area contributed by atoms with Crippen molar-refractivity contribution in [2.75, 3.05) is 25.6 Å². The molecule has 2 amide bonds. The maximum absolute atomic E-state index is 12.2. The molecule has 136 valence electrons. The molecule has 7 heteroatoms. The van der Waals surface area contributed by atoms with Crippen LogP contribution in [0.15, 0.2) is 48.5 Å². The predicted octanol–water partition coefficient (Wildman–Crippen LogP) is 2.50. The summed E-state index contributed by atoms with van der Waals surface area (Å²) >= 11 is 5.18. The number of amides is 2. The van der Waals surface area contributed by atoms with Crippen molar-refractivity contribution in [3.63, 3.8) is 0 Å². The third-order valence-corrected chi connectivity index (χ3v) is 3.69. The summed E-state index contributed by atoms with van der Waals surface area (Å²) in [5, 5.41) is 8.45. The molecule has 26 heavy (non-hydrogen) atoms. The first-order chi connectivity index (χ1) is 12.5. The largest absolute Gasteiger partial charge is 0.383 e. The van der Waals surface area contributed by atoms with Gasteiger partial charge in [0.25, 0.3) is 11.8 Å². The number of anilines is 1. The van der Waals surface area contributed by atoms with Gasteiger partial charge >= 0.3 is 0 Å². The smallest absolute Gasteiger partial charge is 0.257 e. The van der Waals surface area contributed by atoms with Crippen LogP contribution in [0.4, 0.5) is 5.69 Å². The van der Waals surface area contributed by atoms with Crippen molar-refractivity contribution >= 4 is 34.8 Å². The second-order valence-electron chi connectivity index (χ2n) is 5.61. The van der Waals surface area contributed by atoms with Crippen LogP contribution in [-0.2, 0) is 4.74 Å². The molecule has 0 atom stereocenters. The first-order valence-corrected chi connectivity index (χ1v) is 8.46. The van der Waals surface area contributed by atoms with E-state index in [-0.39, 0.29) is 16.9 Å². The lowest BCUT2D eigenvalue weighted by Crippen LogP contribution is -2.34. The van der Waals surface area contributed by atoms with Crippen LogP contribution in [0.2, 0.25) is 0 Å². The van der Waals surface area contributed by atoms with Crippen molar-refractivity contribution in [1.29, 1.82) is 0 Å². The number of hydrogen-bond acceptors (Lipinski definition) is 4. The number of aryl methyl sites for hydroxylation is 1. The molecule has 0 aliphatic heterocycles. The average Bonchev–Trinajstić information content (AvgIpc) is 2.62. The SMILES string of the molecule is COCCNC(=O)c1cccc(NC(=S)NC(=O)c2cccc(C)c2)c1. The minimum Gasteiger partial charge on any atom is -0.383 e. The van der Waals surface area contributed by atoms with Gasteiger partial charge in [-0.3, -0.25) is 14.9 Å². The predicted molar refractivity (Wildman–Crippen MR) is 106 cm³/mol. The Hall–Kier alpha value is -2.77. The third kappa shape index (κ3) is 5.94. The Morgan fingerprint density at radius 2 is 1.73 bits per heavy atom. The monoisotopic (exact) mass is 371 g/mol. The summed E-state index contributed by atoms with van der Waals surface area (Å²) < 4.78 is 4.90. The van der Waals surface area contributed by atoms with Gasteiger partial charge in [-0.25, -0.2) is 0 Å². The summed E-state index contributed by atoms with van der Waals surface area (Å²) in [5.74, 6) is -0.500. The molecule has 6 nitrogen and oxygen atoms in total. The minimum absolute atomic E-state index is 0.161. The fourth-order valence-corrected chi connectivity index (χ4v) is 2.44. The molecule has 2 aromatic carbocycles. The molecule has 0 aromatic heterocycles. The minimum atomic E-state index is -0.292. The molecular weight excluding hydrogens is 350 g/mol. The number of rotatable bonds is 6. The van der Waals surface area contributed by atoms with Crippen molar-refractivity contribution in [2.24, 2.45) is 0 Å². The fourth-order valence-electron chi connectivity index (χ4n) is 2.23. The molecule has 0 bridgehead atoms. The number of carbonyl (C=O) groups excluding carboxylic acids is 2. The molecule has 0 fully saturated rings. The van der Waals surface area contributed by atoms with Gasteiger partial charge in [-0.15, -0.1) is 0 Å². The van der Waals surface area contributed by atoms with Gasteiger partial charge in [-0.1, -0.05) is 23.8 Å². The van der Waals surface area contributed by atoms with E-state index in [2.05, 4.69) is 16.0 Å². The molecule has 0 aliphatic rings. The Morgan fingerprint density at radius 3 is 2.42 bits per heavy atom. The molecule has 0 spiro atoms. The maximum atomic E-state index is 12.2. The van der Waals surface area contributed by atoms with E-state index >= 15 is 0 Å². The van der Waals surface area contributed by atoms with Gasteiger partial charge in [0, 0.05) is 30.5 Å². The fraction of sp³-hybridized carbons (Fsp3) is 0.211. The van der Waals surface area contributed by atoms with Gasteiger partial charge in [-0.05, 0) is 49.5 Å². The summed E-state index contributed by atoms with van der Waals surface area (Å²) in [4.78, 5) is 24.3. The Morgan fingerprint density at radius 1 is 1.04 bits per heavy atom. The van der Waals surface area contributed by atoms with Crippen LogP contribution in [0.3, 0.4) is 0 Å². The van der Waals surface area contributed by atoms with Crippen molar-refractivity contribution in [2.45, 2.75) is 6.92 Å². The number of hydrogen-bond donors (Lipinski definition) is 3. The highest BCUT2D eigenvalue weighted by atomic mass is 32.1. The summed E-state index contributed by atoms with van der Waals surface area (Å²) in [6, 6.07) is 14.1. The lowest BCUT2D eigenvalue weighted by molar-refractivity contribution is 0.0935. The zero-order valence-corrected chi connectivity index (χ0v) is 15.5. The van der Waals surface area contributed by atoms with E-state index < -0.39 is 0 Å². The van der Waals surface area contributed by atoms with E-state index in [4.69, 9.17) is 17.0 Å². The number of methoxy groups -OCH3 is 1. The summed E-state index contributed by atoms with van der Waals surface area (Å²) in [7, 11) is 1.57. The highest BCUT2D eigenvalue weighted by molar-refractivity contribution is 7.80. The standard InChI is InChI=1S/C19H21N3O3S/c1-13-5-3-6-14(11-13)18(24)22-19(26)21-16-8-4-7-15(12-16)17(23)20-9-10-25-2/h3-8,11-12H,9-10H2,1-2H3,(H,20,23)(H2,21,22,24,26). The first-order valence-electron chi connectivity index (χ1n) is 8.06. The van der Waals surface area contributed by atoms with E-state index in [0.717, 1.165) is 5.56 Å². The molecule has 0 unspecified atom stereocenters. The zero-order valence-electron chi connectivity index (χ0n) is 14.7. The zero-order chi connectivity index (χ0) is 18.9. The molecule has 0 aliphatic carbocycles. The molecule has 0 radical (unpaired) electrons. The molecule has 0 heterocycles. The van der Waals surface area contributed by atoms with E-state index in [1.165, 1.54) is 0 Å². The summed E-state index contributed by atoms with van der Waals surface area (Å²) in [6.07, 6.45) is 0. The van der Waals surface area contributed by atoms with Crippen LogP contribution in [-0.4, -0.2) is 37.2 Å². The number of benzene rings is 2. The van der Waals surface area contributed by atoms with E-state index in [9.17, 15) is 9.59 Å². The van der Waals surface area contributed by atoms with Gasteiger partial charge in [0.2, 0.25) is 0 Å². The highest BCUT2D eigenvalue weighted by Gasteiger charge is 2.09. The van der Waals surface area contributed by atoms with Crippen molar-refractivity contribution in [1.82, 2.24) is 10.6 Å². The Kier molecular flexibility index (Phi) is 7.25. The van der Waals surface area contributed by atoms with Crippen LogP contribution >= 0.6 is 12.2 Å². The topological polar surface area (TPSA) is 79.5 Å². The van der Waals surface area contributed by atoms with E-state index in [1.54, 1.807) is 43.5 Å². The van der Waals surface area contributed by atoms with Gasteiger partial charge in [-0.2, -0.15) is 0 Å². The molecule has 3 N–H and O–H groups in total. The van der Waals surface area contributed by atoms with E-state index in [1.807, 2.05) is 19.1 Å². The number of ether oxygens (including phenoxy) is 1. The van der Waals surface area contributed by atoms with Crippen LogP contribution in [0.5, 0.6) is 0 Å². The lowest BCUT2D eigenvalue weighted by atomic mass is 10.1. The van der Waals surface area contributed by atoms with Gasteiger partial charge in [0.05, 0.1) is 6.61 Å². The van der Waals surface area contributed by atoms with Crippen molar-refractivity contribution in [3.8, 4) is 0 Å². The number of nitrogens with one attached hydrogen (secondary N) is 3. The van der Waals surface area contributed by atoms with Gasteiger partial charge in [0.1, 0.15) is 0 Å². The second-order valence-corrected chi connectivity index (χ2v) is 6.02. The first kappa shape index (κ1) is 19.6. The Balaban J connectivity index is 1.95. The van der Waals surface area contributed by atoms with Gasteiger partial charge < -0.3 is 15.4 Å². The van der Waals surface area contributed by atoms with Crippen LogP contribution in [0.25, 0.3) is 0 Å². The van der Waals surface area contributed by atoms with Crippen molar-refractivity contribution in [3.05, 3.63) is 65.2 Å². The average molecular weight is 371 g/mol. The maximum Gasteiger partial charge on any atom is 0.257 e. The van der Waals surface area contributed by atoms with Crippen LogP contribution in [0, 0.1) is 6.92 Å². The summed E-state index contributed by atoms with van der Waals surface area (Å²) in [6.45, 7) is 2.78. The normalized spacial score (nSPS) is 10.1. The second kappa shape index (κ2) is 9.65. The number of thiocarbonyl (C=S) groups is 1. The molecule has 2 aromatic rings. The van der Waals surface area contributed by atoms with Crippen LogP contribution in [0.1, 0.15) is 26.3 Å². The van der Waals surface area contributed by atoms with Crippen LogP contribution < -0.4 is 16.0 Å². The third-order valence-electron chi connectivity index (χ3n) is 3.48. The Bertz CT molecular complexity index is 808. The quantitative estimate of drug-likeness (QED) is 0.537. The van der Waals surface area contributed by atoms with E-state index in [0.29, 0.717) is 30.0 Å². The lowest BCUT2D eigenvalue weighted by Gasteiger charge is -2.11. The molecular formula is C19H21N3O3S. The molecule has 2 rings (SSSR count). The Labute approximate surface area is 157 Å². The highest BCUT2D eigenvalue weighted by Crippen LogP contribution is 2.11. The van der Waals surface area contributed by atoms with Crippen molar-refractivity contribution < 1.29 is 14.3 Å². The number of carbonyl (C=O) groups is 2. The van der Waals surface area contributed by atoms with Gasteiger partial charge in [0.15, 0.2) is 5.11 Å². The molecule has 0 saturated carbocycles. The summed E-state index contributed by atoms with van der Waals surface area (Å²) in [5.41, 5.74) is 2.61. The molecule has 0 saturated heterocycles.